The Morgan fingerprint density at radius 3 is 2.68 bits per heavy atom. The maximum Gasteiger partial charge on any atom is 0.245 e. The van der Waals surface area contributed by atoms with Gasteiger partial charge in [0.2, 0.25) is 5.91 Å². The number of amides is 1. The number of carbonyl (C=O) groups excluding carboxylic acids is 1. The molecule has 19 heavy (non-hydrogen) atoms. The lowest BCUT2D eigenvalue weighted by Crippen LogP contribution is -2.37. The van der Waals surface area contributed by atoms with Crippen LogP contribution in [0.25, 0.3) is 0 Å². The zero-order valence-corrected chi connectivity index (χ0v) is 12.0. The Kier molecular flexibility index (Phi) is 5.08. The highest BCUT2D eigenvalue weighted by atomic mass is 35.5. The van der Waals surface area contributed by atoms with Gasteiger partial charge in [-0.15, -0.1) is 11.6 Å². The van der Waals surface area contributed by atoms with Gasteiger partial charge in [-0.3, -0.25) is 4.79 Å². The first-order chi connectivity index (χ1) is 9.24. The topological polar surface area (TPSA) is 29.5 Å². The van der Waals surface area contributed by atoms with Crippen LogP contribution >= 0.6 is 11.6 Å². The summed E-state index contributed by atoms with van der Waals surface area (Å²) >= 11 is 6.36. The molecule has 0 saturated carbocycles. The third-order valence-electron chi connectivity index (χ3n) is 3.38. The van der Waals surface area contributed by atoms with Crippen LogP contribution in [-0.4, -0.2) is 30.5 Å². The summed E-state index contributed by atoms with van der Waals surface area (Å²) in [6, 6.07) is 7.50. The number of carbonyl (C=O) groups is 1. The summed E-state index contributed by atoms with van der Waals surface area (Å²) in [7, 11) is 0. The summed E-state index contributed by atoms with van der Waals surface area (Å²) in [5.74, 6) is 0.698. The molecule has 2 rings (SSSR count). The Bertz CT molecular complexity index is 430. The average molecular weight is 282 g/mol. The predicted molar refractivity (Wildman–Crippen MR) is 76.6 cm³/mol. The van der Waals surface area contributed by atoms with E-state index < -0.39 is 5.38 Å². The summed E-state index contributed by atoms with van der Waals surface area (Å²) in [6.45, 7) is 4.13. The minimum absolute atomic E-state index is 0.00600. The summed E-state index contributed by atoms with van der Waals surface area (Å²) in [4.78, 5) is 14.3. The van der Waals surface area contributed by atoms with Gasteiger partial charge in [0, 0.05) is 18.7 Å². The van der Waals surface area contributed by atoms with Crippen LogP contribution in [0.15, 0.2) is 24.3 Å². The second-order valence-electron chi connectivity index (χ2n) is 4.72. The molecule has 1 aliphatic heterocycles. The molecule has 1 saturated heterocycles. The van der Waals surface area contributed by atoms with Crippen molar-refractivity contribution in [1.82, 2.24) is 4.90 Å². The van der Waals surface area contributed by atoms with Gasteiger partial charge in [0.15, 0.2) is 0 Å². The Hall–Kier alpha value is -1.22. The number of nitrogens with zero attached hydrogens (tertiary/aromatic N) is 1. The van der Waals surface area contributed by atoms with Crippen LogP contribution in [0.4, 0.5) is 0 Å². The van der Waals surface area contributed by atoms with Gasteiger partial charge in [-0.25, -0.2) is 0 Å². The number of ether oxygens (including phenoxy) is 1. The Morgan fingerprint density at radius 2 is 2.00 bits per heavy atom. The Balaban J connectivity index is 2.13. The molecule has 1 aromatic carbocycles. The van der Waals surface area contributed by atoms with E-state index in [0.29, 0.717) is 12.4 Å². The molecule has 3 nitrogen and oxygen atoms in total. The van der Waals surface area contributed by atoms with Crippen molar-refractivity contribution in [3.05, 3.63) is 29.8 Å². The molecule has 0 aromatic heterocycles. The van der Waals surface area contributed by atoms with Gasteiger partial charge >= 0.3 is 0 Å². The normalized spacial score (nSPS) is 17.1. The maximum absolute atomic E-state index is 12.4. The molecule has 0 bridgehead atoms. The summed E-state index contributed by atoms with van der Waals surface area (Å²) < 4.78 is 5.54. The highest BCUT2D eigenvalue weighted by molar-refractivity contribution is 6.31. The van der Waals surface area contributed by atoms with Crippen LogP contribution < -0.4 is 4.74 Å². The minimum Gasteiger partial charge on any atom is -0.494 e. The smallest absolute Gasteiger partial charge is 0.245 e. The number of hydrogen-bond acceptors (Lipinski definition) is 2. The summed E-state index contributed by atoms with van der Waals surface area (Å²) in [6.07, 6.45) is 3.34. The van der Waals surface area contributed by atoms with Crippen LogP contribution in [-0.2, 0) is 4.79 Å². The van der Waals surface area contributed by atoms with E-state index >= 15 is 0 Å². The fourth-order valence-electron chi connectivity index (χ4n) is 2.38. The second kappa shape index (κ2) is 6.80. The van der Waals surface area contributed by atoms with Crippen molar-refractivity contribution in [2.45, 2.75) is 31.6 Å². The predicted octanol–water partition coefficient (Wildman–Crippen LogP) is 3.38. The lowest BCUT2D eigenvalue weighted by atomic mass is 10.1. The molecule has 0 radical (unpaired) electrons. The number of piperidine rings is 1. The molecule has 1 unspecified atom stereocenters. The SMILES string of the molecule is CCOc1ccccc1C(Cl)C(=O)N1CCCCC1. The molecule has 4 heteroatoms. The van der Waals surface area contributed by atoms with Gasteiger partial charge in [-0.1, -0.05) is 18.2 Å². The van der Waals surface area contributed by atoms with Crippen molar-refractivity contribution in [3.8, 4) is 5.75 Å². The molecule has 1 heterocycles. The average Bonchev–Trinajstić information content (AvgIpc) is 2.47. The molecule has 104 valence electrons. The van der Waals surface area contributed by atoms with Crippen LogP contribution in [0.3, 0.4) is 0 Å². The van der Waals surface area contributed by atoms with Gasteiger partial charge < -0.3 is 9.64 Å². The van der Waals surface area contributed by atoms with E-state index in [4.69, 9.17) is 16.3 Å². The quantitative estimate of drug-likeness (QED) is 0.792. The highest BCUT2D eigenvalue weighted by Crippen LogP contribution is 2.31. The minimum atomic E-state index is -0.652. The fraction of sp³-hybridized carbons (Fsp3) is 0.533. The third kappa shape index (κ3) is 3.41. The molecule has 1 fully saturated rings. The number of rotatable bonds is 4. The van der Waals surface area contributed by atoms with Crippen LogP contribution in [0, 0.1) is 0 Å². The van der Waals surface area contributed by atoms with Gasteiger partial charge in [-0.05, 0) is 32.3 Å². The lowest BCUT2D eigenvalue weighted by Gasteiger charge is -2.29. The zero-order chi connectivity index (χ0) is 13.7. The fourth-order valence-corrected chi connectivity index (χ4v) is 2.70. The monoisotopic (exact) mass is 281 g/mol. The number of alkyl halides is 1. The highest BCUT2D eigenvalue weighted by Gasteiger charge is 2.27. The van der Waals surface area contributed by atoms with Crippen LogP contribution in [0.2, 0.25) is 0 Å². The Morgan fingerprint density at radius 1 is 1.32 bits per heavy atom. The maximum atomic E-state index is 12.4. The van der Waals surface area contributed by atoms with Crippen molar-refractivity contribution in [3.63, 3.8) is 0 Å². The number of halogens is 1. The molecule has 0 N–H and O–H groups in total. The van der Waals surface area contributed by atoms with Gasteiger partial charge in [0.1, 0.15) is 11.1 Å². The first kappa shape index (κ1) is 14.2. The largest absolute Gasteiger partial charge is 0.494 e. The zero-order valence-electron chi connectivity index (χ0n) is 11.3. The second-order valence-corrected chi connectivity index (χ2v) is 5.16. The van der Waals surface area contributed by atoms with Gasteiger partial charge in [0.05, 0.1) is 6.61 Å². The first-order valence-electron chi connectivity index (χ1n) is 6.88. The van der Waals surface area contributed by atoms with E-state index in [-0.39, 0.29) is 5.91 Å². The molecule has 0 aliphatic carbocycles. The molecular formula is C15H20ClNO2. The number of hydrogen-bond donors (Lipinski definition) is 0. The molecule has 0 spiro atoms. The van der Waals surface area contributed by atoms with E-state index in [2.05, 4.69) is 0 Å². The molecule has 1 aromatic rings. The molecule has 1 amide bonds. The van der Waals surface area contributed by atoms with E-state index in [1.165, 1.54) is 6.42 Å². The number of benzene rings is 1. The van der Waals surface area contributed by atoms with Crippen molar-refractivity contribution in [2.75, 3.05) is 19.7 Å². The lowest BCUT2D eigenvalue weighted by molar-refractivity contribution is -0.131. The third-order valence-corrected chi connectivity index (χ3v) is 3.80. The van der Waals surface area contributed by atoms with Crippen LogP contribution in [0.5, 0.6) is 5.75 Å². The summed E-state index contributed by atoms with van der Waals surface area (Å²) in [5.41, 5.74) is 0.765. The van der Waals surface area contributed by atoms with E-state index in [1.54, 1.807) is 0 Å². The van der Waals surface area contributed by atoms with Crippen molar-refractivity contribution in [2.24, 2.45) is 0 Å². The molecule has 1 aliphatic rings. The first-order valence-corrected chi connectivity index (χ1v) is 7.32. The molecule has 1 atom stereocenters. The Labute approximate surface area is 119 Å². The standard InChI is InChI=1S/C15H20ClNO2/c1-2-19-13-9-5-4-8-12(13)14(16)15(18)17-10-6-3-7-11-17/h4-5,8-9,14H,2-3,6-7,10-11H2,1H3. The van der Waals surface area contributed by atoms with E-state index in [1.807, 2.05) is 36.1 Å². The molecular weight excluding hydrogens is 262 g/mol. The summed E-state index contributed by atoms with van der Waals surface area (Å²) in [5, 5.41) is -0.652. The van der Waals surface area contributed by atoms with Crippen molar-refractivity contribution < 1.29 is 9.53 Å². The van der Waals surface area contributed by atoms with E-state index in [0.717, 1.165) is 31.5 Å². The van der Waals surface area contributed by atoms with E-state index in [9.17, 15) is 4.79 Å². The number of para-hydroxylation sites is 1. The number of likely N-dealkylation sites (tertiary alicyclic amines) is 1. The van der Waals surface area contributed by atoms with Gasteiger partial charge in [-0.2, -0.15) is 0 Å². The van der Waals surface area contributed by atoms with Crippen LogP contribution in [0.1, 0.15) is 37.1 Å². The van der Waals surface area contributed by atoms with Crippen molar-refractivity contribution in [1.29, 1.82) is 0 Å². The van der Waals surface area contributed by atoms with Gasteiger partial charge in [0.25, 0.3) is 0 Å². The van der Waals surface area contributed by atoms with Crippen molar-refractivity contribution >= 4 is 17.5 Å².